The maximum absolute atomic E-state index is 12.6. The van der Waals surface area contributed by atoms with Gasteiger partial charge in [0.15, 0.2) is 0 Å². The van der Waals surface area contributed by atoms with E-state index in [0.29, 0.717) is 28.2 Å². The molecule has 2 fully saturated rings. The second-order valence-corrected chi connectivity index (χ2v) is 7.49. The number of anilines is 1. The summed E-state index contributed by atoms with van der Waals surface area (Å²) < 4.78 is 0. The van der Waals surface area contributed by atoms with Crippen molar-refractivity contribution in [1.29, 1.82) is 0 Å². The quantitative estimate of drug-likeness (QED) is 0.811. The number of nitrogens with zero attached hydrogens (tertiary/aromatic N) is 1. The molecule has 2 amide bonds. The van der Waals surface area contributed by atoms with Gasteiger partial charge in [-0.3, -0.25) is 9.59 Å². The second-order valence-electron chi connectivity index (χ2n) is 6.62. The third-order valence-corrected chi connectivity index (χ3v) is 5.20. The van der Waals surface area contributed by atoms with E-state index in [1.165, 1.54) is 0 Å². The summed E-state index contributed by atoms with van der Waals surface area (Å²) in [7, 11) is 0. The molecule has 138 valence electrons. The summed E-state index contributed by atoms with van der Waals surface area (Å²) in [5, 5.41) is 7.38. The Morgan fingerprint density at radius 3 is 2.60 bits per heavy atom. The maximum atomic E-state index is 12.6. The molecule has 0 saturated carbocycles. The van der Waals surface area contributed by atoms with E-state index in [2.05, 4.69) is 17.6 Å². The lowest BCUT2D eigenvalue weighted by Gasteiger charge is -2.31. The van der Waals surface area contributed by atoms with Crippen LogP contribution in [0, 0.1) is 11.8 Å². The normalized spacial score (nSPS) is 26.3. The lowest BCUT2D eigenvalue weighted by Crippen LogP contribution is -2.50. The largest absolute Gasteiger partial charge is 0.353 e. The third kappa shape index (κ3) is 4.79. The molecule has 0 radical (unpaired) electrons. The Bertz CT molecular complexity index is 636. The van der Waals surface area contributed by atoms with Crippen molar-refractivity contribution in [3.63, 3.8) is 0 Å². The van der Waals surface area contributed by atoms with Gasteiger partial charge >= 0.3 is 0 Å². The highest BCUT2D eigenvalue weighted by molar-refractivity contribution is 6.35. The van der Waals surface area contributed by atoms with Crippen LogP contribution in [0.1, 0.15) is 19.8 Å². The first-order chi connectivity index (χ1) is 11.4. The summed E-state index contributed by atoms with van der Waals surface area (Å²) in [4.78, 5) is 26.5. The Morgan fingerprint density at radius 2 is 1.96 bits per heavy atom. The number of hydrogen-bond donors (Lipinski definition) is 2. The van der Waals surface area contributed by atoms with Crippen LogP contribution in [-0.4, -0.2) is 37.5 Å². The molecule has 2 saturated heterocycles. The molecular formula is C17H22Cl3N3O2. The number of benzene rings is 1. The first-order valence-electron chi connectivity index (χ1n) is 8.21. The monoisotopic (exact) mass is 405 g/mol. The van der Waals surface area contributed by atoms with Crippen LogP contribution in [0.2, 0.25) is 10.0 Å². The Kier molecular flexibility index (Phi) is 6.97. The van der Waals surface area contributed by atoms with E-state index in [1.807, 2.05) is 0 Å². The van der Waals surface area contributed by atoms with Gasteiger partial charge in [0, 0.05) is 34.7 Å². The number of hydrogen-bond acceptors (Lipinski definition) is 3. The van der Waals surface area contributed by atoms with Crippen molar-refractivity contribution >= 4 is 53.1 Å². The molecule has 1 aromatic rings. The summed E-state index contributed by atoms with van der Waals surface area (Å²) >= 11 is 12.0. The van der Waals surface area contributed by atoms with Crippen molar-refractivity contribution < 1.29 is 9.59 Å². The van der Waals surface area contributed by atoms with Crippen molar-refractivity contribution in [2.45, 2.75) is 25.8 Å². The van der Waals surface area contributed by atoms with Gasteiger partial charge in [-0.15, -0.1) is 12.4 Å². The number of carbonyl (C=O) groups is 2. The standard InChI is InChI=1S/C17H21Cl2N3O2.ClH/c1-10-8-20-3-2-15(10)21-17(24)11-4-16(23)22(9-11)14-6-12(18)5-13(19)7-14;/h5-7,10-11,15,20H,2-4,8-9H2,1H3,(H,21,24);1H. The molecule has 0 aromatic heterocycles. The van der Waals surface area contributed by atoms with Gasteiger partial charge in [0.1, 0.15) is 0 Å². The highest BCUT2D eigenvalue weighted by Gasteiger charge is 2.36. The third-order valence-electron chi connectivity index (χ3n) is 4.77. The van der Waals surface area contributed by atoms with Crippen molar-refractivity contribution in [2.75, 3.05) is 24.5 Å². The molecule has 2 aliphatic heterocycles. The minimum atomic E-state index is -0.336. The Hall–Kier alpha value is -1.01. The molecule has 2 heterocycles. The van der Waals surface area contributed by atoms with E-state index in [9.17, 15) is 9.59 Å². The first kappa shape index (κ1) is 20.3. The predicted molar refractivity (Wildman–Crippen MR) is 103 cm³/mol. The summed E-state index contributed by atoms with van der Waals surface area (Å²) in [6.07, 6.45) is 1.14. The Balaban J connectivity index is 0.00000225. The minimum absolute atomic E-state index is 0. The smallest absolute Gasteiger partial charge is 0.227 e. The summed E-state index contributed by atoms with van der Waals surface area (Å²) in [6.45, 7) is 4.30. The maximum Gasteiger partial charge on any atom is 0.227 e. The summed E-state index contributed by atoms with van der Waals surface area (Å²) in [5.74, 6) is -0.0652. The molecule has 3 unspecified atom stereocenters. The lowest BCUT2D eigenvalue weighted by atomic mass is 9.94. The fourth-order valence-corrected chi connectivity index (χ4v) is 3.87. The van der Waals surface area contributed by atoms with Crippen LogP contribution >= 0.6 is 35.6 Å². The molecule has 3 rings (SSSR count). The van der Waals surface area contributed by atoms with Gasteiger partial charge in [-0.1, -0.05) is 30.1 Å². The number of piperidine rings is 1. The molecule has 8 heteroatoms. The predicted octanol–water partition coefficient (Wildman–Crippen LogP) is 2.88. The van der Waals surface area contributed by atoms with Gasteiger partial charge in [0.2, 0.25) is 11.8 Å². The number of carbonyl (C=O) groups excluding carboxylic acids is 2. The van der Waals surface area contributed by atoms with E-state index in [4.69, 9.17) is 23.2 Å². The van der Waals surface area contributed by atoms with Gasteiger partial charge in [0.25, 0.3) is 0 Å². The molecule has 25 heavy (non-hydrogen) atoms. The average Bonchev–Trinajstić information content (AvgIpc) is 2.91. The van der Waals surface area contributed by atoms with Crippen LogP contribution in [-0.2, 0) is 9.59 Å². The Labute approximate surface area is 163 Å². The van der Waals surface area contributed by atoms with E-state index in [1.54, 1.807) is 23.1 Å². The molecule has 3 atom stereocenters. The van der Waals surface area contributed by atoms with Crippen LogP contribution in [0.5, 0.6) is 0 Å². The summed E-state index contributed by atoms with van der Waals surface area (Å²) in [5.41, 5.74) is 0.642. The molecule has 0 aliphatic carbocycles. The lowest BCUT2D eigenvalue weighted by molar-refractivity contribution is -0.127. The molecule has 2 N–H and O–H groups in total. The average molecular weight is 407 g/mol. The fraction of sp³-hybridized carbons (Fsp3) is 0.529. The Morgan fingerprint density at radius 1 is 1.28 bits per heavy atom. The molecular weight excluding hydrogens is 385 g/mol. The topological polar surface area (TPSA) is 61.4 Å². The summed E-state index contributed by atoms with van der Waals surface area (Å²) in [6, 6.07) is 5.18. The van der Waals surface area contributed by atoms with Gasteiger partial charge in [-0.25, -0.2) is 0 Å². The van der Waals surface area contributed by atoms with Crippen LogP contribution in [0.25, 0.3) is 0 Å². The van der Waals surface area contributed by atoms with Crippen molar-refractivity contribution in [1.82, 2.24) is 10.6 Å². The van der Waals surface area contributed by atoms with E-state index < -0.39 is 0 Å². The highest BCUT2D eigenvalue weighted by atomic mass is 35.5. The van der Waals surface area contributed by atoms with Gasteiger partial charge in [-0.05, 0) is 43.6 Å². The van der Waals surface area contributed by atoms with Gasteiger partial charge in [0.05, 0.1) is 5.92 Å². The zero-order valence-corrected chi connectivity index (χ0v) is 16.3. The van der Waals surface area contributed by atoms with E-state index in [-0.39, 0.29) is 42.6 Å². The van der Waals surface area contributed by atoms with Gasteiger partial charge < -0.3 is 15.5 Å². The van der Waals surface area contributed by atoms with Crippen LogP contribution in [0.4, 0.5) is 5.69 Å². The number of nitrogens with one attached hydrogen (secondary N) is 2. The van der Waals surface area contributed by atoms with Gasteiger partial charge in [-0.2, -0.15) is 0 Å². The number of amides is 2. The zero-order chi connectivity index (χ0) is 17.3. The first-order valence-corrected chi connectivity index (χ1v) is 8.97. The van der Waals surface area contributed by atoms with Crippen molar-refractivity contribution in [3.8, 4) is 0 Å². The second kappa shape index (κ2) is 8.58. The zero-order valence-electron chi connectivity index (χ0n) is 13.9. The van der Waals surface area contributed by atoms with E-state index in [0.717, 1.165) is 19.5 Å². The number of rotatable bonds is 3. The molecule has 5 nitrogen and oxygen atoms in total. The van der Waals surface area contributed by atoms with Crippen molar-refractivity contribution in [2.24, 2.45) is 11.8 Å². The molecule has 1 aromatic carbocycles. The van der Waals surface area contributed by atoms with Crippen LogP contribution < -0.4 is 15.5 Å². The van der Waals surface area contributed by atoms with Crippen LogP contribution in [0.15, 0.2) is 18.2 Å². The van der Waals surface area contributed by atoms with Crippen LogP contribution in [0.3, 0.4) is 0 Å². The van der Waals surface area contributed by atoms with E-state index >= 15 is 0 Å². The molecule has 2 aliphatic rings. The SMILES string of the molecule is CC1CNCCC1NC(=O)C1CC(=O)N(c2cc(Cl)cc(Cl)c2)C1.Cl. The minimum Gasteiger partial charge on any atom is -0.353 e. The highest BCUT2D eigenvalue weighted by Crippen LogP contribution is 2.30. The fourth-order valence-electron chi connectivity index (χ4n) is 3.36. The molecule has 0 bridgehead atoms. The van der Waals surface area contributed by atoms with Crippen molar-refractivity contribution in [3.05, 3.63) is 28.2 Å². The molecule has 0 spiro atoms. The number of halogens is 3.